The van der Waals surface area contributed by atoms with Crippen molar-refractivity contribution in [2.75, 3.05) is 20.5 Å². The lowest BCUT2D eigenvalue weighted by molar-refractivity contribution is -0.123. The highest BCUT2D eigenvalue weighted by Crippen LogP contribution is 2.34. The van der Waals surface area contributed by atoms with E-state index in [1.807, 2.05) is 0 Å². The Hall–Kier alpha value is -3.95. The molecule has 0 aromatic heterocycles. The van der Waals surface area contributed by atoms with Gasteiger partial charge < -0.3 is 23.7 Å². The number of halogens is 2. The number of fused-ring (bicyclic) bond motifs is 1. The van der Waals surface area contributed by atoms with Crippen LogP contribution in [0.5, 0.6) is 28.7 Å². The molecular weight excluding hydrogens is 499 g/mol. The van der Waals surface area contributed by atoms with Gasteiger partial charge in [0, 0.05) is 5.02 Å². The molecule has 0 radical (unpaired) electrons. The predicted octanol–water partition coefficient (Wildman–Crippen LogP) is 4.48. The van der Waals surface area contributed by atoms with Crippen molar-refractivity contribution in [1.82, 2.24) is 5.43 Å². The van der Waals surface area contributed by atoms with Gasteiger partial charge in [0.2, 0.25) is 6.79 Å². The standard InChI is InChI=1S/C24H18Cl2N2O7/c1-31-21-8-14(11-27-28-23(29)12-32-18-7-4-16(25)10-17(18)26)2-5-20(21)35-24(30)15-3-6-19-22(9-15)34-13-33-19/h2-11H,12-13H2,1H3,(H,28,29)/b27-11-. The normalized spacial score (nSPS) is 11.9. The zero-order chi connectivity index (χ0) is 24.8. The Bertz CT molecular complexity index is 1300. The van der Waals surface area contributed by atoms with Crippen LogP contribution in [0.2, 0.25) is 10.0 Å². The average Bonchev–Trinajstić information content (AvgIpc) is 3.32. The second-order valence-electron chi connectivity index (χ2n) is 7.02. The highest BCUT2D eigenvalue weighted by molar-refractivity contribution is 6.35. The van der Waals surface area contributed by atoms with Crippen LogP contribution < -0.4 is 29.1 Å². The molecule has 4 rings (SSSR count). The molecule has 1 aliphatic rings. The van der Waals surface area contributed by atoms with E-state index < -0.39 is 11.9 Å². The number of esters is 1. The minimum absolute atomic E-state index is 0.106. The van der Waals surface area contributed by atoms with Gasteiger partial charge in [0.25, 0.3) is 5.91 Å². The number of carbonyl (C=O) groups excluding carboxylic acids is 2. The van der Waals surface area contributed by atoms with Crippen LogP contribution in [0.3, 0.4) is 0 Å². The summed E-state index contributed by atoms with van der Waals surface area (Å²) in [5.74, 6) is 0.798. The zero-order valence-corrected chi connectivity index (χ0v) is 19.8. The number of hydrogen-bond donors (Lipinski definition) is 1. The Morgan fingerprint density at radius 3 is 2.60 bits per heavy atom. The Balaban J connectivity index is 1.33. The summed E-state index contributed by atoms with van der Waals surface area (Å²) in [5, 5.41) is 4.64. The smallest absolute Gasteiger partial charge is 0.343 e. The van der Waals surface area contributed by atoms with E-state index in [2.05, 4.69) is 10.5 Å². The number of nitrogens with one attached hydrogen (secondary N) is 1. The molecule has 1 heterocycles. The SMILES string of the molecule is COc1cc(/C=N\NC(=O)COc2ccc(Cl)cc2Cl)ccc1OC(=O)c1ccc2c(c1)OCO2. The molecule has 1 aliphatic heterocycles. The van der Waals surface area contributed by atoms with Crippen LogP contribution in [0, 0.1) is 0 Å². The summed E-state index contributed by atoms with van der Waals surface area (Å²) in [7, 11) is 1.44. The third-order valence-corrected chi connectivity index (χ3v) is 5.18. The summed E-state index contributed by atoms with van der Waals surface area (Å²) < 4.78 is 26.7. The van der Waals surface area contributed by atoms with Crippen LogP contribution in [0.15, 0.2) is 59.7 Å². The lowest BCUT2D eigenvalue weighted by atomic mass is 10.2. The Kier molecular flexibility index (Phi) is 7.59. The Morgan fingerprint density at radius 2 is 1.80 bits per heavy atom. The average molecular weight is 517 g/mol. The van der Waals surface area contributed by atoms with Crippen LogP contribution in [0.4, 0.5) is 0 Å². The van der Waals surface area contributed by atoms with Gasteiger partial charge in [-0.05, 0) is 60.2 Å². The quantitative estimate of drug-likeness (QED) is 0.203. The topological polar surface area (TPSA) is 105 Å². The summed E-state index contributed by atoms with van der Waals surface area (Å²) in [5.41, 5.74) is 3.23. The van der Waals surface area contributed by atoms with E-state index in [1.165, 1.54) is 19.4 Å². The molecule has 180 valence electrons. The van der Waals surface area contributed by atoms with Crippen molar-refractivity contribution in [3.05, 3.63) is 75.8 Å². The molecule has 0 aliphatic carbocycles. The van der Waals surface area contributed by atoms with Crippen LogP contribution in [-0.2, 0) is 4.79 Å². The summed E-state index contributed by atoms with van der Waals surface area (Å²) in [6.45, 7) is -0.189. The third kappa shape index (κ3) is 6.14. The molecule has 35 heavy (non-hydrogen) atoms. The van der Waals surface area contributed by atoms with Crippen molar-refractivity contribution >= 4 is 41.3 Å². The number of methoxy groups -OCH3 is 1. The fourth-order valence-corrected chi connectivity index (χ4v) is 3.44. The van der Waals surface area contributed by atoms with Gasteiger partial charge >= 0.3 is 5.97 Å². The van der Waals surface area contributed by atoms with Crippen LogP contribution in [0.1, 0.15) is 15.9 Å². The molecule has 0 bridgehead atoms. The third-order valence-electron chi connectivity index (χ3n) is 4.65. The van der Waals surface area contributed by atoms with E-state index in [9.17, 15) is 9.59 Å². The summed E-state index contributed by atoms with van der Waals surface area (Å²) in [4.78, 5) is 24.5. The summed E-state index contributed by atoms with van der Waals surface area (Å²) >= 11 is 11.8. The first kappa shape index (κ1) is 24.2. The molecule has 0 atom stereocenters. The fourth-order valence-electron chi connectivity index (χ4n) is 2.98. The zero-order valence-electron chi connectivity index (χ0n) is 18.2. The van der Waals surface area contributed by atoms with Crippen molar-refractivity contribution in [3.8, 4) is 28.7 Å². The number of nitrogens with zero attached hydrogens (tertiary/aromatic N) is 1. The number of rotatable bonds is 8. The number of ether oxygens (including phenoxy) is 5. The molecule has 0 fully saturated rings. The van der Waals surface area contributed by atoms with Crippen LogP contribution >= 0.6 is 23.2 Å². The maximum Gasteiger partial charge on any atom is 0.343 e. The highest BCUT2D eigenvalue weighted by atomic mass is 35.5. The van der Waals surface area contributed by atoms with Crippen LogP contribution in [0.25, 0.3) is 0 Å². The van der Waals surface area contributed by atoms with E-state index in [1.54, 1.807) is 48.5 Å². The van der Waals surface area contributed by atoms with Crippen molar-refractivity contribution in [2.24, 2.45) is 5.10 Å². The van der Waals surface area contributed by atoms with Gasteiger partial charge in [0.05, 0.1) is 23.9 Å². The van der Waals surface area contributed by atoms with Gasteiger partial charge in [0.1, 0.15) is 5.75 Å². The number of amides is 1. The molecule has 0 saturated carbocycles. The maximum atomic E-state index is 12.5. The maximum absolute atomic E-state index is 12.5. The largest absolute Gasteiger partial charge is 0.493 e. The summed E-state index contributed by atoms with van der Waals surface area (Å²) in [6.07, 6.45) is 1.40. The van der Waals surface area contributed by atoms with Gasteiger partial charge in [-0.15, -0.1) is 0 Å². The molecule has 0 saturated heterocycles. The molecule has 3 aromatic carbocycles. The molecule has 0 unspecified atom stereocenters. The molecule has 9 nitrogen and oxygen atoms in total. The van der Waals surface area contributed by atoms with Crippen molar-refractivity contribution in [2.45, 2.75) is 0 Å². The molecular formula is C24H18Cl2N2O7. The van der Waals surface area contributed by atoms with E-state index in [0.29, 0.717) is 44.2 Å². The van der Waals surface area contributed by atoms with Gasteiger partial charge in [0.15, 0.2) is 29.6 Å². The monoisotopic (exact) mass is 516 g/mol. The second-order valence-corrected chi connectivity index (χ2v) is 7.87. The Labute approximate surface area is 210 Å². The first-order valence-electron chi connectivity index (χ1n) is 10.1. The highest BCUT2D eigenvalue weighted by Gasteiger charge is 2.18. The lowest BCUT2D eigenvalue weighted by Gasteiger charge is -2.10. The minimum atomic E-state index is -0.587. The van der Waals surface area contributed by atoms with Gasteiger partial charge in [-0.3, -0.25) is 4.79 Å². The molecule has 11 heteroatoms. The van der Waals surface area contributed by atoms with Crippen molar-refractivity contribution in [1.29, 1.82) is 0 Å². The first-order valence-corrected chi connectivity index (χ1v) is 10.9. The number of hydrogen-bond acceptors (Lipinski definition) is 8. The van der Waals surface area contributed by atoms with E-state index in [0.717, 1.165) is 0 Å². The first-order chi connectivity index (χ1) is 16.9. The predicted molar refractivity (Wildman–Crippen MR) is 128 cm³/mol. The van der Waals surface area contributed by atoms with Gasteiger partial charge in [-0.2, -0.15) is 5.10 Å². The van der Waals surface area contributed by atoms with Crippen molar-refractivity contribution in [3.63, 3.8) is 0 Å². The fraction of sp³-hybridized carbons (Fsp3) is 0.125. The lowest BCUT2D eigenvalue weighted by Crippen LogP contribution is -2.24. The molecule has 1 N–H and O–H groups in total. The van der Waals surface area contributed by atoms with E-state index in [4.69, 9.17) is 46.9 Å². The van der Waals surface area contributed by atoms with E-state index in [-0.39, 0.29) is 19.1 Å². The molecule has 1 amide bonds. The molecule has 0 spiro atoms. The number of hydrazone groups is 1. The van der Waals surface area contributed by atoms with Crippen molar-refractivity contribution < 1.29 is 33.3 Å². The van der Waals surface area contributed by atoms with E-state index >= 15 is 0 Å². The number of carbonyl (C=O) groups is 2. The van der Waals surface area contributed by atoms with Gasteiger partial charge in [-0.25, -0.2) is 10.2 Å². The minimum Gasteiger partial charge on any atom is -0.493 e. The van der Waals surface area contributed by atoms with Crippen LogP contribution in [-0.4, -0.2) is 38.6 Å². The summed E-state index contributed by atoms with van der Waals surface area (Å²) in [6, 6.07) is 14.2. The second kappa shape index (κ2) is 11.0. The molecule has 3 aromatic rings. The van der Waals surface area contributed by atoms with Gasteiger partial charge in [-0.1, -0.05) is 23.2 Å². The Morgan fingerprint density at radius 1 is 1.00 bits per heavy atom. The number of benzene rings is 3.